The number of carbonyl (C=O) groups is 1. The van der Waals surface area contributed by atoms with Gasteiger partial charge in [0.15, 0.2) is 0 Å². The first-order valence-corrected chi connectivity index (χ1v) is 5.58. The molecular formula is C13H15FO2. The molecule has 0 radical (unpaired) electrons. The van der Waals surface area contributed by atoms with Crippen molar-refractivity contribution in [2.45, 2.75) is 32.1 Å². The third-order valence-corrected chi connectivity index (χ3v) is 3.49. The number of hydrogen-bond donors (Lipinski definition) is 1. The molecule has 86 valence electrons. The van der Waals surface area contributed by atoms with Gasteiger partial charge in [-0.25, -0.2) is 4.39 Å². The summed E-state index contributed by atoms with van der Waals surface area (Å²) in [4.78, 5) is 10.8. The molecule has 0 saturated heterocycles. The zero-order valence-electron chi connectivity index (χ0n) is 9.24. The zero-order valence-corrected chi connectivity index (χ0v) is 9.24. The average Bonchev–Trinajstić information content (AvgIpc) is 2.22. The van der Waals surface area contributed by atoms with Gasteiger partial charge in [-0.05, 0) is 41.9 Å². The van der Waals surface area contributed by atoms with E-state index in [1.165, 1.54) is 6.07 Å². The van der Waals surface area contributed by atoms with Crippen molar-refractivity contribution in [3.8, 4) is 0 Å². The Kier molecular flexibility index (Phi) is 2.95. The molecule has 2 rings (SSSR count). The molecular weight excluding hydrogens is 207 g/mol. The van der Waals surface area contributed by atoms with Crippen molar-refractivity contribution in [2.75, 3.05) is 0 Å². The van der Waals surface area contributed by atoms with Crippen molar-refractivity contribution in [1.29, 1.82) is 0 Å². The van der Waals surface area contributed by atoms with Crippen molar-refractivity contribution < 1.29 is 14.3 Å². The second kappa shape index (κ2) is 4.24. The Balaban J connectivity index is 2.40. The lowest BCUT2D eigenvalue weighted by molar-refractivity contribution is -0.137. The number of rotatable bonds is 2. The van der Waals surface area contributed by atoms with Gasteiger partial charge in [0, 0.05) is 0 Å². The fourth-order valence-electron chi connectivity index (χ4n) is 2.57. The molecule has 1 N–H and O–H groups in total. The molecule has 1 aromatic carbocycles. The molecule has 0 heterocycles. The standard InChI is InChI=1S/C13H15FO2/c1-8-5-6-10-9(3-2-4-12(10)14)11(8)7-13(15)16/h2-4,8,11H,5-7H2,1H3,(H,15,16). The molecule has 3 heteroatoms. The minimum absolute atomic E-state index is 0.0445. The highest BCUT2D eigenvalue weighted by atomic mass is 19.1. The summed E-state index contributed by atoms with van der Waals surface area (Å²) >= 11 is 0. The summed E-state index contributed by atoms with van der Waals surface area (Å²) in [5, 5.41) is 8.88. The molecule has 2 atom stereocenters. The van der Waals surface area contributed by atoms with Gasteiger partial charge in [0.05, 0.1) is 6.42 Å². The SMILES string of the molecule is CC1CCc2c(F)cccc2C1CC(=O)O. The topological polar surface area (TPSA) is 37.3 Å². The van der Waals surface area contributed by atoms with Crippen LogP contribution in [0.4, 0.5) is 4.39 Å². The number of carboxylic acids is 1. The van der Waals surface area contributed by atoms with Gasteiger partial charge >= 0.3 is 5.97 Å². The van der Waals surface area contributed by atoms with Gasteiger partial charge in [0.2, 0.25) is 0 Å². The number of benzene rings is 1. The summed E-state index contributed by atoms with van der Waals surface area (Å²) in [5.74, 6) is -0.740. The molecule has 1 aromatic rings. The van der Waals surface area contributed by atoms with Crippen molar-refractivity contribution in [1.82, 2.24) is 0 Å². The Hall–Kier alpha value is -1.38. The van der Waals surface area contributed by atoms with E-state index >= 15 is 0 Å². The highest BCUT2D eigenvalue weighted by molar-refractivity contribution is 5.68. The fraction of sp³-hybridized carbons (Fsp3) is 0.462. The summed E-state index contributed by atoms with van der Waals surface area (Å²) in [6, 6.07) is 4.98. The van der Waals surface area contributed by atoms with Crippen LogP contribution in [-0.4, -0.2) is 11.1 Å². The molecule has 2 nitrogen and oxygen atoms in total. The lowest BCUT2D eigenvalue weighted by Gasteiger charge is -2.30. The third-order valence-electron chi connectivity index (χ3n) is 3.49. The van der Waals surface area contributed by atoms with Gasteiger partial charge < -0.3 is 5.11 Å². The van der Waals surface area contributed by atoms with E-state index < -0.39 is 5.97 Å². The highest BCUT2D eigenvalue weighted by Crippen LogP contribution is 2.39. The predicted octanol–water partition coefficient (Wildman–Crippen LogP) is 2.97. The van der Waals surface area contributed by atoms with E-state index in [0.717, 1.165) is 18.4 Å². The Morgan fingerprint density at radius 3 is 3.00 bits per heavy atom. The maximum atomic E-state index is 13.6. The Labute approximate surface area is 94.1 Å². The minimum atomic E-state index is -0.811. The summed E-state index contributed by atoms with van der Waals surface area (Å²) in [7, 11) is 0. The largest absolute Gasteiger partial charge is 0.481 e. The number of carboxylic acid groups (broad SMARTS) is 1. The minimum Gasteiger partial charge on any atom is -0.481 e. The van der Waals surface area contributed by atoms with Crippen LogP contribution < -0.4 is 0 Å². The molecule has 1 aliphatic rings. The second-order valence-electron chi connectivity index (χ2n) is 4.53. The van der Waals surface area contributed by atoms with Gasteiger partial charge in [-0.2, -0.15) is 0 Å². The van der Waals surface area contributed by atoms with Crippen LogP contribution in [0.5, 0.6) is 0 Å². The fourth-order valence-corrected chi connectivity index (χ4v) is 2.57. The van der Waals surface area contributed by atoms with Crippen LogP contribution in [0.2, 0.25) is 0 Å². The first kappa shape index (κ1) is 11.1. The van der Waals surface area contributed by atoms with Crippen LogP contribution >= 0.6 is 0 Å². The third kappa shape index (κ3) is 1.94. The lowest BCUT2D eigenvalue weighted by Crippen LogP contribution is -2.21. The number of hydrogen-bond acceptors (Lipinski definition) is 1. The summed E-state index contributed by atoms with van der Waals surface area (Å²) in [5.41, 5.74) is 1.60. The molecule has 2 unspecified atom stereocenters. The van der Waals surface area contributed by atoms with Crippen molar-refractivity contribution >= 4 is 5.97 Å². The van der Waals surface area contributed by atoms with Crippen molar-refractivity contribution in [3.05, 3.63) is 35.1 Å². The Morgan fingerprint density at radius 2 is 2.31 bits per heavy atom. The van der Waals surface area contributed by atoms with E-state index in [1.54, 1.807) is 6.07 Å². The highest BCUT2D eigenvalue weighted by Gasteiger charge is 2.29. The van der Waals surface area contributed by atoms with Gasteiger partial charge in [-0.1, -0.05) is 19.1 Å². The van der Waals surface area contributed by atoms with Gasteiger partial charge in [0.1, 0.15) is 5.82 Å². The summed E-state index contributed by atoms with van der Waals surface area (Å²) in [6.07, 6.45) is 1.68. The lowest BCUT2D eigenvalue weighted by atomic mass is 9.74. The zero-order chi connectivity index (χ0) is 11.7. The number of fused-ring (bicyclic) bond motifs is 1. The van der Waals surface area contributed by atoms with E-state index in [0.29, 0.717) is 11.5 Å². The molecule has 0 spiro atoms. The summed E-state index contributed by atoms with van der Waals surface area (Å²) < 4.78 is 13.6. The first-order chi connectivity index (χ1) is 7.59. The molecule has 0 amide bonds. The monoisotopic (exact) mass is 222 g/mol. The Morgan fingerprint density at radius 1 is 1.56 bits per heavy atom. The van der Waals surface area contributed by atoms with Crippen LogP contribution in [0.1, 0.15) is 36.8 Å². The first-order valence-electron chi connectivity index (χ1n) is 5.58. The number of aliphatic carboxylic acids is 1. The number of halogens is 1. The molecule has 0 aliphatic heterocycles. The van der Waals surface area contributed by atoms with Gasteiger partial charge in [-0.15, -0.1) is 0 Å². The molecule has 0 saturated carbocycles. The van der Waals surface area contributed by atoms with E-state index in [2.05, 4.69) is 0 Å². The van der Waals surface area contributed by atoms with Crippen LogP contribution in [0.3, 0.4) is 0 Å². The average molecular weight is 222 g/mol. The maximum absolute atomic E-state index is 13.6. The maximum Gasteiger partial charge on any atom is 0.303 e. The smallest absolute Gasteiger partial charge is 0.303 e. The van der Waals surface area contributed by atoms with Gasteiger partial charge in [-0.3, -0.25) is 4.79 Å². The van der Waals surface area contributed by atoms with Crippen molar-refractivity contribution in [3.63, 3.8) is 0 Å². The second-order valence-corrected chi connectivity index (χ2v) is 4.53. The molecule has 16 heavy (non-hydrogen) atoms. The quantitative estimate of drug-likeness (QED) is 0.835. The predicted molar refractivity (Wildman–Crippen MR) is 58.9 cm³/mol. The van der Waals surface area contributed by atoms with E-state index in [-0.39, 0.29) is 18.2 Å². The van der Waals surface area contributed by atoms with E-state index in [4.69, 9.17) is 5.11 Å². The van der Waals surface area contributed by atoms with Crippen LogP contribution in [0.25, 0.3) is 0 Å². The molecule has 0 aromatic heterocycles. The summed E-state index contributed by atoms with van der Waals surface area (Å²) in [6.45, 7) is 2.04. The normalized spacial score (nSPS) is 23.9. The van der Waals surface area contributed by atoms with E-state index in [9.17, 15) is 9.18 Å². The van der Waals surface area contributed by atoms with Crippen LogP contribution in [0, 0.1) is 11.7 Å². The van der Waals surface area contributed by atoms with Crippen molar-refractivity contribution in [2.24, 2.45) is 5.92 Å². The molecule has 0 bridgehead atoms. The molecule has 1 aliphatic carbocycles. The Bertz CT molecular complexity index is 414. The van der Waals surface area contributed by atoms with E-state index in [1.807, 2.05) is 13.0 Å². The van der Waals surface area contributed by atoms with Crippen LogP contribution in [-0.2, 0) is 11.2 Å². The van der Waals surface area contributed by atoms with Gasteiger partial charge in [0.25, 0.3) is 0 Å². The van der Waals surface area contributed by atoms with Crippen LogP contribution in [0.15, 0.2) is 18.2 Å². The molecule has 0 fully saturated rings.